The minimum atomic E-state index is -3.53. The summed E-state index contributed by atoms with van der Waals surface area (Å²) in [5.74, 6) is 0. The molecule has 1 heterocycles. The molecule has 5 nitrogen and oxygen atoms in total. The van der Waals surface area contributed by atoms with Gasteiger partial charge in [-0.3, -0.25) is 0 Å². The summed E-state index contributed by atoms with van der Waals surface area (Å²) in [4.78, 5) is 0. The summed E-state index contributed by atoms with van der Waals surface area (Å²) in [7, 11) is -0.414. The second-order valence-electron chi connectivity index (χ2n) is 8.13. The van der Waals surface area contributed by atoms with E-state index in [1.807, 2.05) is 24.3 Å². The third kappa shape index (κ3) is 8.87. The monoisotopic (exact) mass is 533 g/mol. The maximum Gasteiger partial charge on any atom is 0.379 e. The number of aromatic nitrogens is 2. The predicted octanol–water partition coefficient (Wildman–Crippen LogP) is 2.78. The molecule has 0 bridgehead atoms. The number of hydrogen-bond donors (Lipinski definition) is 0. The molecule has 0 radical (unpaired) electrons. The first-order valence-electron chi connectivity index (χ1n) is 11.2. The molecule has 0 aliphatic heterocycles. The quantitative estimate of drug-likeness (QED) is 0.276. The molecular weight excluding hydrogens is 498 g/mol. The van der Waals surface area contributed by atoms with Gasteiger partial charge < -0.3 is 12.4 Å². The van der Waals surface area contributed by atoms with Crippen molar-refractivity contribution in [1.29, 1.82) is 0 Å². The van der Waals surface area contributed by atoms with Gasteiger partial charge in [0, 0.05) is 24.1 Å². The van der Waals surface area contributed by atoms with Gasteiger partial charge in [-0.25, -0.2) is 4.57 Å². The van der Waals surface area contributed by atoms with Crippen molar-refractivity contribution in [3.05, 3.63) is 41.3 Å². The Morgan fingerprint density at radius 1 is 0.903 bits per heavy atom. The SMILES string of the molecule is CCCCCCCCCCCCn1c[n+](S(=O)(=O)N(C)C)cc1-c1ccc(Br)cc1.[Cl-]. The summed E-state index contributed by atoms with van der Waals surface area (Å²) >= 11 is 3.47. The molecule has 31 heavy (non-hydrogen) atoms. The summed E-state index contributed by atoms with van der Waals surface area (Å²) in [6.45, 7) is 3.07. The van der Waals surface area contributed by atoms with Gasteiger partial charge in [-0.2, -0.15) is 12.7 Å². The number of imidazole rings is 1. The molecule has 1 aromatic heterocycles. The lowest BCUT2D eigenvalue weighted by atomic mass is 10.1. The van der Waals surface area contributed by atoms with Crippen LogP contribution in [0, 0.1) is 0 Å². The van der Waals surface area contributed by atoms with E-state index >= 15 is 0 Å². The minimum Gasteiger partial charge on any atom is -1.00 e. The maximum atomic E-state index is 12.6. The van der Waals surface area contributed by atoms with E-state index in [4.69, 9.17) is 0 Å². The highest BCUT2D eigenvalue weighted by atomic mass is 79.9. The molecule has 2 aromatic rings. The first kappa shape index (κ1) is 28.1. The number of rotatable bonds is 14. The topological polar surface area (TPSA) is 46.2 Å². The van der Waals surface area contributed by atoms with Crippen molar-refractivity contribution in [3.63, 3.8) is 0 Å². The van der Waals surface area contributed by atoms with Crippen LogP contribution in [-0.4, -0.2) is 31.4 Å². The molecular formula is C23H37BrClN3O2S. The summed E-state index contributed by atoms with van der Waals surface area (Å²) in [5.41, 5.74) is 1.93. The van der Waals surface area contributed by atoms with Gasteiger partial charge in [0.15, 0.2) is 11.9 Å². The molecule has 1 aromatic carbocycles. The van der Waals surface area contributed by atoms with Gasteiger partial charge in [-0.05, 0) is 37.1 Å². The van der Waals surface area contributed by atoms with E-state index in [0.717, 1.165) is 28.7 Å². The number of benzene rings is 1. The second-order valence-corrected chi connectivity index (χ2v) is 11.1. The lowest BCUT2D eigenvalue weighted by Crippen LogP contribution is -3.00. The Hall–Kier alpha value is -0.890. The van der Waals surface area contributed by atoms with Crippen LogP contribution in [0.2, 0.25) is 0 Å². The summed E-state index contributed by atoms with van der Waals surface area (Å²) in [6, 6.07) is 8.00. The fourth-order valence-corrected chi connectivity index (χ4v) is 4.66. The Kier molecular flexibility index (Phi) is 13.0. The van der Waals surface area contributed by atoms with E-state index in [-0.39, 0.29) is 12.4 Å². The summed E-state index contributed by atoms with van der Waals surface area (Å²) in [6.07, 6.45) is 16.3. The number of hydrogen-bond acceptors (Lipinski definition) is 2. The number of aryl methyl sites for hydroxylation is 1. The van der Waals surface area contributed by atoms with E-state index in [1.165, 1.54) is 66.1 Å². The highest BCUT2D eigenvalue weighted by molar-refractivity contribution is 9.10. The van der Waals surface area contributed by atoms with Crippen LogP contribution in [0.1, 0.15) is 71.1 Å². The third-order valence-electron chi connectivity index (χ3n) is 5.43. The normalized spacial score (nSPS) is 11.6. The standard InChI is InChI=1S/C23H37BrN3O2S.ClH/c1-4-5-6-7-8-9-10-11-12-13-18-26-20-27(30(28,29)25(2)3)19-23(26)21-14-16-22(24)17-15-21;/h14-17,19-20H,4-13,18H2,1-3H3;1H/q+1;/p-1. The number of halogens is 2. The van der Waals surface area contributed by atoms with Crippen molar-refractivity contribution in [2.24, 2.45) is 0 Å². The van der Waals surface area contributed by atoms with Crippen LogP contribution in [0.25, 0.3) is 11.3 Å². The molecule has 0 saturated heterocycles. The molecule has 0 aliphatic carbocycles. The Bertz CT molecular complexity index is 867. The van der Waals surface area contributed by atoms with Crippen molar-refractivity contribution in [1.82, 2.24) is 8.87 Å². The van der Waals surface area contributed by atoms with Gasteiger partial charge in [0.05, 0.1) is 6.54 Å². The molecule has 176 valence electrons. The van der Waals surface area contributed by atoms with Gasteiger partial charge >= 0.3 is 10.2 Å². The Morgan fingerprint density at radius 2 is 1.42 bits per heavy atom. The molecule has 0 aliphatic rings. The van der Waals surface area contributed by atoms with Crippen LogP contribution >= 0.6 is 15.9 Å². The zero-order chi connectivity index (χ0) is 22.0. The number of nitrogens with zero attached hydrogens (tertiary/aromatic N) is 3. The average molecular weight is 535 g/mol. The smallest absolute Gasteiger partial charge is 0.379 e. The van der Waals surface area contributed by atoms with Crippen molar-refractivity contribution in [3.8, 4) is 11.3 Å². The first-order valence-corrected chi connectivity index (χ1v) is 13.4. The summed E-state index contributed by atoms with van der Waals surface area (Å²) in [5, 5.41) is 0. The molecule has 0 spiro atoms. The fourth-order valence-electron chi connectivity index (χ4n) is 3.55. The zero-order valence-electron chi connectivity index (χ0n) is 19.1. The van der Waals surface area contributed by atoms with E-state index in [1.54, 1.807) is 26.6 Å². The molecule has 2 rings (SSSR count). The Balaban J connectivity index is 0.00000480. The van der Waals surface area contributed by atoms with Gasteiger partial charge in [0.25, 0.3) is 6.33 Å². The lowest BCUT2D eigenvalue weighted by molar-refractivity contribution is -0.514. The highest BCUT2D eigenvalue weighted by Gasteiger charge is 2.26. The highest BCUT2D eigenvalue weighted by Crippen LogP contribution is 2.22. The lowest BCUT2D eigenvalue weighted by Gasteiger charge is -2.05. The van der Waals surface area contributed by atoms with Crippen LogP contribution in [0.3, 0.4) is 0 Å². The van der Waals surface area contributed by atoms with Crippen molar-refractivity contribution >= 4 is 26.1 Å². The first-order chi connectivity index (χ1) is 14.4. The van der Waals surface area contributed by atoms with Gasteiger partial charge in [0.1, 0.15) is 0 Å². The minimum absolute atomic E-state index is 0. The molecule has 8 heteroatoms. The van der Waals surface area contributed by atoms with Gasteiger partial charge in [0.2, 0.25) is 0 Å². The van der Waals surface area contributed by atoms with Crippen molar-refractivity contribution < 1.29 is 24.8 Å². The van der Waals surface area contributed by atoms with Gasteiger partial charge in [-0.15, -0.1) is 3.97 Å². The zero-order valence-corrected chi connectivity index (χ0v) is 22.2. The molecule has 0 amide bonds. The van der Waals surface area contributed by atoms with E-state index in [2.05, 4.69) is 27.4 Å². The molecule has 0 fully saturated rings. The molecule has 0 unspecified atom stereocenters. The fraction of sp³-hybridized carbons (Fsp3) is 0.609. The van der Waals surface area contributed by atoms with E-state index < -0.39 is 10.2 Å². The summed E-state index contributed by atoms with van der Waals surface area (Å²) < 4.78 is 30.8. The van der Waals surface area contributed by atoms with Crippen LogP contribution in [-0.2, 0) is 16.8 Å². The van der Waals surface area contributed by atoms with Crippen LogP contribution in [0.5, 0.6) is 0 Å². The largest absolute Gasteiger partial charge is 1.00 e. The maximum absolute atomic E-state index is 12.6. The van der Waals surface area contributed by atoms with Crippen molar-refractivity contribution in [2.75, 3.05) is 14.1 Å². The Morgan fingerprint density at radius 3 is 1.94 bits per heavy atom. The molecule has 0 atom stereocenters. The van der Waals surface area contributed by atoms with Crippen LogP contribution in [0.15, 0.2) is 41.3 Å². The Labute approximate surface area is 203 Å². The van der Waals surface area contributed by atoms with Crippen LogP contribution in [0.4, 0.5) is 0 Å². The molecule has 0 N–H and O–H groups in total. The third-order valence-corrected chi connectivity index (χ3v) is 7.62. The van der Waals surface area contributed by atoms with E-state index in [0.29, 0.717) is 0 Å². The second kappa shape index (κ2) is 14.3. The number of unbranched alkanes of at least 4 members (excludes halogenated alkanes) is 9. The van der Waals surface area contributed by atoms with Crippen LogP contribution < -0.4 is 16.4 Å². The molecule has 0 saturated carbocycles. The predicted molar refractivity (Wildman–Crippen MR) is 128 cm³/mol. The average Bonchev–Trinajstić information content (AvgIpc) is 3.15. The van der Waals surface area contributed by atoms with Gasteiger partial charge in [-0.1, -0.05) is 74.2 Å². The van der Waals surface area contributed by atoms with Crippen molar-refractivity contribution in [2.45, 2.75) is 77.7 Å². The van der Waals surface area contributed by atoms with E-state index in [9.17, 15) is 8.42 Å².